The molecule has 0 aromatic heterocycles. The summed E-state index contributed by atoms with van der Waals surface area (Å²) in [4.78, 5) is 0.408. The van der Waals surface area contributed by atoms with Gasteiger partial charge in [-0.2, -0.15) is 4.31 Å². The number of halogens is 1. The summed E-state index contributed by atoms with van der Waals surface area (Å²) in [7, 11) is -3.52. The van der Waals surface area contributed by atoms with Crippen molar-refractivity contribution in [2.45, 2.75) is 43.5 Å². The molecule has 0 spiro atoms. The zero-order valence-corrected chi connectivity index (χ0v) is 15.4. The van der Waals surface area contributed by atoms with Crippen molar-refractivity contribution in [3.63, 3.8) is 0 Å². The maximum atomic E-state index is 13.3. The van der Waals surface area contributed by atoms with Gasteiger partial charge in [-0.15, -0.1) is 0 Å². The molecule has 0 radical (unpaired) electrons. The Kier molecular flexibility index (Phi) is 5.28. The third-order valence-corrected chi connectivity index (χ3v) is 6.96. The van der Waals surface area contributed by atoms with Crippen LogP contribution in [-0.2, 0) is 10.0 Å². The Morgan fingerprint density at radius 3 is 2.42 bits per heavy atom. The van der Waals surface area contributed by atoms with Gasteiger partial charge in [-0.3, -0.25) is 0 Å². The molecular weight excluding hydrogens is 342 g/mol. The van der Waals surface area contributed by atoms with E-state index in [1.54, 1.807) is 16.4 Å². The van der Waals surface area contributed by atoms with Gasteiger partial charge in [-0.25, -0.2) is 8.42 Å². The molecule has 1 saturated heterocycles. The first-order chi connectivity index (χ1) is 11.5. The largest absolute Gasteiger partial charge is 0.243 e. The molecule has 2 aromatic carbocycles. The van der Waals surface area contributed by atoms with Crippen molar-refractivity contribution in [3.8, 4) is 0 Å². The summed E-state index contributed by atoms with van der Waals surface area (Å²) in [6.45, 7) is 2.41. The molecule has 0 amide bonds. The van der Waals surface area contributed by atoms with E-state index < -0.39 is 10.0 Å². The average molecular weight is 364 g/mol. The SMILES string of the molecule is Cc1ccccc1S(=O)(=O)N1CCCCC[C@@H]1c1ccc(Cl)cc1. The van der Waals surface area contributed by atoms with Crippen LogP contribution in [-0.4, -0.2) is 19.3 Å². The molecule has 1 fully saturated rings. The molecule has 5 heteroatoms. The minimum atomic E-state index is -3.52. The predicted molar refractivity (Wildman–Crippen MR) is 97.7 cm³/mol. The maximum Gasteiger partial charge on any atom is 0.243 e. The molecular formula is C19H22ClNO2S. The minimum Gasteiger partial charge on any atom is -0.207 e. The molecule has 0 unspecified atom stereocenters. The highest BCUT2D eigenvalue weighted by molar-refractivity contribution is 7.89. The summed E-state index contributed by atoms with van der Waals surface area (Å²) < 4.78 is 28.3. The Morgan fingerprint density at radius 2 is 1.71 bits per heavy atom. The molecule has 3 nitrogen and oxygen atoms in total. The number of rotatable bonds is 3. The van der Waals surface area contributed by atoms with Gasteiger partial charge in [0.1, 0.15) is 0 Å². The van der Waals surface area contributed by atoms with Crippen molar-refractivity contribution < 1.29 is 8.42 Å². The number of hydrogen-bond acceptors (Lipinski definition) is 2. The van der Waals surface area contributed by atoms with Crippen LogP contribution in [0.5, 0.6) is 0 Å². The van der Waals surface area contributed by atoms with Crippen molar-refractivity contribution in [1.82, 2.24) is 4.31 Å². The van der Waals surface area contributed by atoms with Crippen LogP contribution < -0.4 is 0 Å². The van der Waals surface area contributed by atoms with Gasteiger partial charge in [-0.05, 0) is 49.1 Å². The van der Waals surface area contributed by atoms with Crippen LogP contribution in [0.1, 0.15) is 42.9 Å². The fraction of sp³-hybridized carbons (Fsp3) is 0.368. The first-order valence-corrected chi connectivity index (χ1v) is 10.1. The molecule has 0 bridgehead atoms. The summed E-state index contributed by atoms with van der Waals surface area (Å²) in [5.74, 6) is 0. The molecule has 1 atom stereocenters. The van der Waals surface area contributed by atoms with Gasteiger partial charge in [0.15, 0.2) is 0 Å². The van der Waals surface area contributed by atoms with Crippen LogP contribution in [0.25, 0.3) is 0 Å². The standard InChI is InChI=1S/C19H22ClNO2S/c1-15-7-4-5-9-19(15)24(22,23)21-14-6-2-3-8-18(21)16-10-12-17(20)13-11-16/h4-5,7,9-13,18H,2-3,6,8,14H2,1H3/t18-/m1/s1. The number of nitrogens with zero attached hydrogens (tertiary/aromatic N) is 1. The quantitative estimate of drug-likeness (QED) is 0.773. The average Bonchev–Trinajstić information content (AvgIpc) is 2.82. The van der Waals surface area contributed by atoms with Gasteiger partial charge in [0.05, 0.1) is 10.9 Å². The van der Waals surface area contributed by atoms with Gasteiger partial charge >= 0.3 is 0 Å². The zero-order chi connectivity index (χ0) is 17.2. The topological polar surface area (TPSA) is 37.4 Å². The third-order valence-electron chi connectivity index (χ3n) is 4.64. The van der Waals surface area contributed by atoms with Gasteiger partial charge in [-0.1, -0.05) is 54.8 Å². The van der Waals surface area contributed by atoms with E-state index in [0.717, 1.165) is 36.8 Å². The molecule has 3 rings (SSSR count). The smallest absolute Gasteiger partial charge is 0.207 e. The number of hydrogen-bond donors (Lipinski definition) is 0. The first-order valence-electron chi connectivity index (χ1n) is 8.33. The minimum absolute atomic E-state index is 0.130. The van der Waals surface area contributed by atoms with E-state index in [2.05, 4.69) is 0 Å². The molecule has 0 aliphatic carbocycles. The fourth-order valence-corrected chi connectivity index (χ4v) is 5.40. The van der Waals surface area contributed by atoms with E-state index in [0.29, 0.717) is 16.5 Å². The predicted octanol–water partition coefficient (Wildman–Crippen LogP) is 4.95. The van der Waals surface area contributed by atoms with Crippen LogP contribution in [0.4, 0.5) is 0 Å². The summed E-state index contributed by atoms with van der Waals surface area (Å²) in [6, 6.07) is 14.6. The van der Waals surface area contributed by atoms with Crippen molar-refractivity contribution in [1.29, 1.82) is 0 Å². The third kappa shape index (κ3) is 3.51. The number of sulfonamides is 1. The lowest BCUT2D eigenvalue weighted by Gasteiger charge is -2.30. The van der Waals surface area contributed by atoms with E-state index >= 15 is 0 Å². The van der Waals surface area contributed by atoms with E-state index in [1.807, 2.05) is 43.3 Å². The molecule has 0 saturated carbocycles. The molecule has 128 valence electrons. The van der Waals surface area contributed by atoms with Crippen molar-refractivity contribution >= 4 is 21.6 Å². The Balaban J connectivity index is 2.04. The fourth-order valence-electron chi connectivity index (χ4n) is 3.36. The van der Waals surface area contributed by atoms with Gasteiger partial charge in [0, 0.05) is 11.6 Å². The normalized spacial score (nSPS) is 19.8. The van der Waals surface area contributed by atoms with Crippen LogP contribution >= 0.6 is 11.6 Å². The second-order valence-electron chi connectivity index (χ2n) is 6.30. The van der Waals surface area contributed by atoms with E-state index in [-0.39, 0.29) is 6.04 Å². The van der Waals surface area contributed by atoms with Gasteiger partial charge in [0.25, 0.3) is 0 Å². The highest BCUT2D eigenvalue weighted by atomic mass is 35.5. The Morgan fingerprint density at radius 1 is 1.00 bits per heavy atom. The highest BCUT2D eigenvalue weighted by Gasteiger charge is 2.34. The van der Waals surface area contributed by atoms with Crippen LogP contribution in [0.2, 0.25) is 5.02 Å². The lowest BCUT2D eigenvalue weighted by Crippen LogP contribution is -2.35. The Bertz CT molecular complexity index is 802. The van der Waals surface area contributed by atoms with Gasteiger partial charge in [0.2, 0.25) is 10.0 Å². The van der Waals surface area contributed by atoms with Crippen molar-refractivity contribution in [2.75, 3.05) is 6.54 Å². The number of benzene rings is 2. The second-order valence-corrected chi connectivity index (χ2v) is 8.59. The molecule has 0 N–H and O–H groups in total. The highest BCUT2D eigenvalue weighted by Crippen LogP contribution is 2.35. The Labute approximate surface area is 149 Å². The molecule has 1 heterocycles. The molecule has 1 aliphatic heterocycles. The van der Waals surface area contributed by atoms with E-state index in [1.165, 1.54) is 0 Å². The van der Waals surface area contributed by atoms with E-state index in [9.17, 15) is 8.42 Å². The lowest BCUT2D eigenvalue weighted by atomic mass is 10.0. The molecule has 1 aliphatic rings. The summed E-state index contributed by atoms with van der Waals surface area (Å²) in [6.07, 6.45) is 3.83. The molecule has 2 aromatic rings. The van der Waals surface area contributed by atoms with Crippen LogP contribution in [0.3, 0.4) is 0 Å². The van der Waals surface area contributed by atoms with Crippen LogP contribution in [0.15, 0.2) is 53.4 Å². The summed E-state index contributed by atoms with van der Waals surface area (Å²) in [5.41, 5.74) is 1.80. The maximum absolute atomic E-state index is 13.3. The van der Waals surface area contributed by atoms with Gasteiger partial charge < -0.3 is 0 Å². The first kappa shape index (κ1) is 17.5. The lowest BCUT2D eigenvalue weighted by molar-refractivity contribution is 0.329. The monoisotopic (exact) mass is 363 g/mol. The molecule has 24 heavy (non-hydrogen) atoms. The summed E-state index contributed by atoms with van der Waals surface area (Å²) in [5, 5.41) is 0.667. The van der Waals surface area contributed by atoms with Crippen LogP contribution in [0, 0.1) is 6.92 Å². The second kappa shape index (κ2) is 7.26. The van der Waals surface area contributed by atoms with E-state index in [4.69, 9.17) is 11.6 Å². The number of aryl methyl sites for hydroxylation is 1. The Hall–Kier alpha value is -1.36. The van der Waals surface area contributed by atoms with Crippen molar-refractivity contribution in [3.05, 3.63) is 64.7 Å². The van der Waals surface area contributed by atoms with Crippen molar-refractivity contribution in [2.24, 2.45) is 0 Å². The summed E-state index contributed by atoms with van der Waals surface area (Å²) >= 11 is 5.99. The zero-order valence-electron chi connectivity index (χ0n) is 13.8.